The number of ether oxygens (including phenoxy) is 4. The Hall–Kier alpha value is -5.08. The molecule has 6 N–H and O–H groups in total. The van der Waals surface area contributed by atoms with Crippen LogP contribution in [0.3, 0.4) is 0 Å². The van der Waals surface area contributed by atoms with Gasteiger partial charge in [0, 0.05) is 43.7 Å². The van der Waals surface area contributed by atoms with Crippen molar-refractivity contribution in [3.63, 3.8) is 0 Å². The average Bonchev–Trinajstić information content (AvgIpc) is 3.01. The molecule has 2 aromatic carbocycles. The van der Waals surface area contributed by atoms with E-state index >= 15 is 0 Å². The number of phenolic OH excluding ortho intramolecular Hbond substituents is 2. The van der Waals surface area contributed by atoms with E-state index < -0.39 is 106 Å². The molecule has 2 aliphatic heterocycles. The number of aliphatic hydroxyl groups excluding tert-OH is 4. The number of aromatic hydroxyl groups is 2. The zero-order chi connectivity index (χ0) is 35.0. The summed E-state index contributed by atoms with van der Waals surface area (Å²) in [5.74, 6) is -6.95. The Balaban J connectivity index is 1.50. The van der Waals surface area contributed by atoms with Gasteiger partial charge < -0.3 is 49.6 Å². The maximum absolute atomic E-state index is 13.3. The average molecular weight is 667 g/mol. The summed E-state index contributed by atoms with van der Waals surface area (Å²) < 4.78 is 22.8. The smallest absolute Gasteiger partial charge is 0.303 e. The predicted octanol–water partition coefficient (Wildman–Crippen LogP) is 2.63. The first kappa shape index (κ1) is 32.8. The third-order valence-electron chi connectivity index (χ3n) is 9.53. The molecular weight excluding hydrogens is 632 g/mol. The SMILES string of the molecule is CC(=O)OCC12Oc3ccc(-c4ccc5c(c4O)C(O)=C4C(=O)CC(C)C(OC(C)=O)C4(CO)O5)c(O)c3C(O)=C1C(=O)CC(C)C2O. The van der Waals surface area contributed by atoms with Gasteiger partial charge in [0.15, 0.2) is 17.7 Å². The highest BCUT2D eigenvalue weighted by atomic mass is 16.6. The largest absolute Gasteiger partial charge is 0.506 e. The molecule has 0 amide bonds. The number of rotatable bonds is 5. The number of carbonyl (C=O) groups is 4. The van der Waals surface area contributed by atoms with Crippen molar-refractivity contribution >= 4 is 35.0 Å². The van der Waals surface area contributed by atoms with Gasteiger partial charge in [-0.05, 0) is 30.2 Å². The van der Waals surface area contributed by atoms with Gasteiger partial charge in [-0.1, -0.05) is 13.8 Å². The van der Waals surface area contributed by atoms with E-state index in [9.17, 15) is 49.8 Å². The van der Waals surface area contributed by atoms with E-state index in [4.69, 9.17) is 18.9 Å². The van der Waals surface area contributed by atoms with Crippen molar-refractivity contribution in [2.24, 2.45) is 11.8 Å². The number of carbonyl (C=O) groups excluding carboxylic acids is 4. The van der Waals surface area contributed by atoms with Crippen LogP contribution in [0.1, 0.15) is 51.7 Å². The summed E-state index contributed by atoms with van der Waals surface area (Å²) >= 11 is 0. The third-order valence-corrected chi connectivity index (χ3v) is 9.53. The molecule has 4 aliphatic rings. The minimum absolute atomic E-state index is 0.104. The lowest BCUT2D eigenvalue weighted by molar-refractivity contribution is -0.172. The Morgan fingerprint density at radius 3 is 1.75 bits per heavy atom. The molecule has 2 aliphatic carbocycles. The molecule has 0 spiro atoms. The number of phenols is 2. The molecule has 2 saturated carbocycles. The molecular formula is C34H34O14. The van der Waals surface area contributed by atoms with Crippen molar-refractivity contribution in [2.45, 2.75) is 63.9 Å². The summed E-state index contributed by atoms with van der Waals surface area (Å²) in [5, 5.41) is 67.7. The highest BCUT2D eigenvalue weighted by molar-refractivity contribution is 6.08. The van der Waals surface area contributed by atoms with Gasteiger partial charge in [0.05, 0.1) is 17.8 Å². The van der Waals surface area contributed by atoms with Crippen LogP contribution < -0.4 is 9.47 Å². The van der Waals surface area contributed by atoms with E-state index in [0.717, 1.165) is 13.8 Å². The van der Waals surface area contributed by atoms with Crippen LogP contribution in [0.2, 0.25) is 0 Å². The van der Waals surface area contributed by atoms with E-state index in [1.54, 1.807) is 13.8 Å². The summed E-state index contributed by atoms with van der Waals surface area (Å²) in [5.41, 5.74) is -5.62. The third kappa shape index (κ3) is 4.53. The molecule has 0 radical (unpaired) electrons. The topological polar surface area (TPSA) is 227 Å². The van der Waals surface area contributed by atoms with E-state index in [2.05, 4.69) is 0 Å². The number of benzene rings is 2. The van der Waals surface area contributed by atoms with Crippen molar-refractivity contribution < 1.29 is 68.8 Å². The maximum Gasteiger partial charge on any atom is 0.303 e. The first-order valence-electron chi connectivity index (χ1n) is 15.2. The molecule has 6 rings (SSSR count). The summed E-state index contributed by atoms with van der Waals surface area (Å²) in [6.07, 6.45) is -2.89. The molecule has 48 heavy (non-hydrogen) atoms. The van der Waals surface area contributed by atoms with Gasteiger partial charge in [0.1, 0.15) is 58.4 Å². The highest BCUT2D eigenvalue weighted by Gasteiger charge is 2.60. The molecule has 14 heteroatoms. The Labute approximate surface area is 273 Å². The van der Waals surface area contributed by atoms with Crippen molar-refractivity contribution in [3.05, 3.63) is 46.5 Å². The number of fused-ring (bicyclic) bond motifs is 4. The monoisotopic (exact) mass is 666 g/mol. The molecule has 0 bridgehead atoms. The first-order valence-corrected chi connectivity index (χ1v) is 15.2. The van der Waals surface area contributed by atoms with Crippen LogP contribution in [0.4, 0.5) is 0 Å². The summed E-state index contributed by atoms with van der Waals surface area (Å²) in [6, 6.07) is 5.24. The standard InChI is InChI=1S/C34H34O14/c1-13-9-19(38)26-30(43)24-22(48-34(26,31(13)44)12-45-15(3)36)8-6-18(28(24)41)17-5-7-21-23(27(17)40)29(42)25-20(39)10-14(2)32(46-16(4)37)33(25,11-35)47-21/h5-8,13-14,31-32,35,40-44H,9-12H2,1-4H3. The minimum Gasteiger partial charge on any atom is -0.506 e. The molecule has 0 aromatic heterocycles. The van der Waals surface area contributed by atoms with Crippen molar-refractivity contribution in [2.75, 3.05) is 13.2 Å². The Kier molecular flexibility index (Phi) is 7.71. The molecule has 14 nitrogen and oxygen atoms in total. The molecule has 2 heterocycles. The van der Waals surface area contributed by atoms with Gasteiger partial charge in [0.2, 0.25) is 11.2 Å². The van der Waals surface area contributed by atoms with E-state index in [1.165, 1.54) is 24.3 Å². The van der Waals surface area contributed by atoms with Gasteiger partial charge in [-0.3, -0.25) is 19.2 Å². The Morgan fingerprint density at radius 1 is 0.792 bits per heavy atom. The second-order valence-electron chi connectivity index (χ2n) is 12.7. The predicted molar refractivity (Wildman–Crippen MR) is 164 cm³/mol. The van der Waals surface area contributed by atoms with Crippen LogP contribution in [0, 0.1) is 11.8 Å². The van der Waals surface area contributed by atoms with Gasteiger partial charge in [0.25, 0.3) is 0 Å². The molecule has 6 unspecified atom stereocenters. The van der Waals surface area contributed by atoms with Crippen molar-refractivity contribution in [3.8, 4) is 34.1 Å². The fourth-order valence-corrected chi connectivity index (χ4v) is 7.41. The normalized spacial score (nSPS) is 29.1. The number of hydrogen-bond donors (Lipinski definition) is 6. The van der Waals surface area contributed by atoms with Crippen molar-refractivity contribution in [1.29, 1.82) is 0 Å². The second-order valence-corrected chi connectivity index (χ2v) is 12.7. The second kappa shape index (κ2) is 11.3. The zero-order valence-electron chi connectivity index (χ0n) is 26.4. The van der Waals surface area contributed by atoms with Crippen LogP contribution >= 0.6 is 0 Å². The van der Waals surface area contributed by atoms with E-state index in [1.807, 2.05) is 0 Å². The summed E-state index contributed by atoms with van der Waals surface area (Å²) in [7, 11) is 0. The van der Waals surface area contributed by atoms with Crippen LogP contribution in [-0.4, -0.2) is 90.8 Å². The van der Waals surface area contributed by atoms with Gasteiger partial charge in [-0.2, -0.15) is 0 Å². The van der Waals surface area contributed by atoms with Crippen LogP contribution in [0.15, 0.2) is 35.4 Å². The molecule has 2 aromatic rings. The molecule has 0 saturated heterocycles. The lowest BCUT2D eigenvalue weighted by Crippen LogP contribution is -2.62. The molecule has 6 atom stereocenters. The number of aliphatic hydroxyl groups is 4. The quantitative estimate of drug-likeness (QED) is 0.252. The first-order chi connectivity index (χ1) is 22.6. The Bertz CT molecular complexity index is 1770. The number of hydrogen-bond acceptors (Lipinski definition) is 14. The zero-order valence-corrected chi connectivity index (χ0v) is 26.4. The molecule has 2 fully saturated rings. The van der Waals surface area contributed by atoms with E-state index in [0.29, 0.717) is 0 Å². The summed E-state index contributed by atoms with van der Waals surface area (Å²) in [6.45, 7) is 4.06. The lowest BCUT2D eigenvalue weighted by Gasteiger charge is -2.47. The Morgan fingerprint density at radius 2 is 1.27 bits per heavy atom. The highest BCUT2D eigenvalue weighted by Crippen LogP contribution is 2.55. The maximum atomic E-state index is 13.3. The van der Waals surface area contributed by atoms with Crippen molar-refractivity contribution in [1.82, 2.24) is 0 Å². The van der Waals surface area contributed by atoms with Crippen LogP contribution in [0.5, 0.6) is 23.0 Å². The number of Topliss-reactive ketones (excluding diaryl/α,β-unsaturated/α-hetero) is 2. The fourth-order valence-electron chi connectivity index (χ4n) is 7.41. The van der Waals surface area contributed by atoms with Gasteiger partial charge in [-0.15, -0.1) is 0 Å². The minimum atomic E-state index is -1.97. The number of esters is 2. The van der Waals surface area contributed by atoms with Crippen LogP contribution in [0.25, 0.3) is 22.6 Å². The number of ketones is 2. The fraction of sp³-hybridized carbons (Fsp3) is 0.412. The van der Waals surface area contributed by atoms with Gasteiger partial charge in [-0.25, -0.2) is 0 Å². The lowest BCUT2D eigenvalue weighted by atomic mass is 9.69. The van der Waals surface area contributed by atoms with Gasteiger partial charge >= 0.3 is 11.9 Å². The van der Waals surface area contributed by atoms with E-state index in [-0.39, 0.29) is 46.6 Å². The summed E-state index contributed by atoms with van der Waals surface area (Å²) in [4.78, 5) is 50.2. The molecule has 254 valence electrons. The van der Waals surface area contributed by atoms with Crippen LogP contribution in [-0.2, 0) is 28.7 Å².